The van der Waals surface area contributed by atoms with Gasteiger partial charge in [-0.25, -0.2) is 4.98 Å². The fourth-order valence-corrected chi connectivity index (χ4v) is 4.63. The molecule has 2 aromatic heterocycles. The number of hydrogen-bond acceptors (Lipinski definition) is 6. The number of aromatic amines is 1. The zero-order chi connectivity index (χ0) is 23.2. The highest BCUT2D eigenvalue weighted by Crippen LogP contribution is 2.42. The lowest BCUT2D eigenvalue weighted by Crippen LogP contribution is -2.30. The summed E-state index contributed by atoms with van der Waals surface area (Å²) in [7, 11) is 0. The lowest BCUT2D eigenvalue weighted by atomic mass is 9.94. The van der Waals surface area contributed by atoms with Crippen LogP contribution >= 0.6 is 0 Å². The molecule has 0 aliphatic carbocycles. The Morgan fingerprint density at radius 1 is 1.09 bits per heavy atom. The quantitative estimate of drug-likeness (QED) is 0.277. The maximum atomic E-state index is 13.3. The zero-order valence-corrected chi connectivity index (χ0v) is 18.1. The number of fused-ring (bicyclic) bond motifs is 2. The van der Waals surface area contributed by atoms with Gasteiger partial charge < -0.3 is 14.8 Å². The van der Waals surface area contributed by atoms with Crippen LogP contribution in [0.5, 0.6) is 5.75 Å². The third kappa shape index (κ3) is 3.14. The van der Waals surface area contributed by atoms with Gasteiger partial charge in [0.25, 0.3) is 5.78 Å². The lowest BCUT2D eigenvalue weighted by Gasteiger charge is -2.23. The molecule has 1 saturated heterocycles. The number of imidazole rings is 1. The highest BCUT2D eigenvalue weighted by atomic mass is 16.5. The molecule has 2 aliphatic heterocycles. The minimum absolute atomic E-state index is 0.00772. The predicted octanol–water partition coefficient (Wildman–Crippen LogP) is 3.91. The van der Waals surface area contributed by atoms with Gasteiger partial charge in [0.15, 0.2) is 0 Å². The summed E-state index contributed by atoms with van der Waals surface area (Å²) in [4.78, 5) is 39.6. The average Bonchev–Trinajstić information content (AvgIpc) is 3.42. The van der Waals surface area contributed by atoms with Crippen LogP contribution in [-0.2, 0) is 16.0 Å². The van der Waals surface area contributed by atoms with E-state index in [9.17, 15) is 14.7 Å². The lowest BCUT2D eigenvalue weighted by molar-refractivity contribution is -0.132. The van der Waals surface area contributed by atoms with Crippen molar-refractivity contribution >= 4 is 34.4 Å². The highest BCUT2D eigenvalue weighted by Gasteiger charge is 2.48. The number of rotatable bonds is 3. The summed E-state index contributed by atoms with van der Waals surface area (Å²) in [6, 6.07) is 15.3. The second kappa shape index (κ2) is 7.84. The van der Waals surface area contributed by atoms with Gasteiger partial charge in [-0.3, -0.25) is 19.5 Å². The van der Waals surface area contributed by atoms with Crippen LogP contribution < -0.4 is 9.64 Å². The average molecular weight is 452 g/mol. The number of carbonyl (C=O) groups is 2. The Morgan fingerprint density at radius 2 is 1.91 bits per heavy atom. The minimum atomic E-state index is -0.865. The summed E-state index contributed by atoms with van der Waals surface area (Å²) in [5.41, 5.74) is 3.48. The number of benzene rings is 2. The number of aryl methyl sites for hydroxylation is 1. The molecular formula is C26H20N4O4. The van der Waals surface area contributed by atoms with Crippen LogP contribution in [0.4, 0.5) is 5.95 Å². The number of Topliss-reactive ketones (excluding diaryl/α,β-unsaturated/α-hetero) is 1. The Morgan fingerprint density at radius 3 is 2.74 bits per heavy atom. The molecule has 1 fully saturated rings. The van der Waals surface area contributed by atoms with Gasteiger partial charge in [0.1, 0.15) is 11.5 Å². The Hall–Kier alpha value is -4.46. The van der Waals surface area contributed by atoms with E-state index in [-0.39, 0.29) is 17.3 Å². The van der Waals surface area contributed by atoms with Crippen molar-refractivity contribution < 1.29 is 19.4 Å². The number of H-pyrrole nitrogens is 1. The van der Waals surface area contributed by atoms with Gasteiger partial charge in [0.05, 0.1) is 29.3 Å². The molecule has 1 unspecified atom stereocenters. The van der Waals surface area contributed by atoms with Gasteiger partial charge in [-0.2, -0.15) is 0 Å². The summed E-state index contributed by atoms with van der Waals surface area (Å²) in [6.45, 7) is 0.656. The predicted molar refractivity (Wildman–Crippen MR) is 125 cm³/mol. The summed E-state index contributed by atoms with van der Waals surface area (Å²) < 4.78 is 5.67. The fourth-order valence-electron chi connectivity index (χ4n) is 4.63. The van der Waals surface area contributed by atoms with E-state index in [1.165, 1.54) is 4.90 Å². The molecule has 1 amide bonds. The number of amides is 1. The molecule has 2 aromatic carbocycles. The van der Waals surface area contributed by atoms with Gasteiger partial charge in [0.2, 0.25) is 5.95 Å². The van der Waals surface area contributed by atoms with Crippen LogP contribution in [0.25, 0.3) is 16.8 Å². The van der Waals surface area contributed by atoms with E-state index in [2.05, 4.69) is 15.0 Å². The Labute approximate surface area is 194 Å². The van der Waals surface area contributed by atoms with Gasteiger partial charge in [-0.15, -0.1) is 0 Å². The number of pyridine rings is 1. The SMILES string of the molecule is O=C1C(=O)N(c2nc3ccccc3[nH]2)C(c2ccncc2)/C1=C(\O)c1ccc2c(c1)CCCO2. The van der Waals surface area contributed by atoms with Crippen molar-refractivity contribution in [2.24, 2.45) is 0 Å². The molecule has 8 nitrogen and oxygen atoms in total. The Kier molecular flexibility index (Phi) is 4.65. The molecule has 0 saturated carbocycles. The number of nitrogens with zero attached hydrogens (tertiary/aromatic N) is 3. The van der Waals surface area contributed by atoms with Crippen LogP contribution in [0.3, 0.4) is 0 Å². The highest BCUT2D eigenvalue weighted by molar-refractivity contribution is 6.51. The van der Waals surface area contributed by atoms with Crippen LogP contribution in [0.2, 0.25) is 0 Å². The first-order valence-corrected chi connectivity index (χ1v) is 11.0. The van der Waals surface area contributed by atoms with Crippen molar-refractivity contribution in [3.8, 4) is 5.75 Å². The molecule has 168 valence electrons. The second-order valence-electron chi connectivity index (χ2n) is 8.30. The molecule has 2 N–H and O–H groups in total. The molecule has 8 heteroatoms. The Bertz CT molecular complexity index is 1440. The largest absolute Gasteiger partial charge is 0.507 e. The molecule has 4 aromatic rings. The van der Waals surface area contributed by atoms with Crippen molar-refractivity contribution in [1.82, 2.24) is 15.0 Å². The van der Waals surface area contributed by atoms with E-state index in [4.69, 9.17) is 4.74 Å². The summed E-state index contributed by atoms with van der Waals surface area (Å²) in [5, 5.41) is 11.3. The van der Waals surface area contributed by atoms with Gasteiger partial charge in [-0.05, 0) is 66.4 Å². The third-order valence-electron chi connectivity index (χ3n) is 6.25. The molecular weight excluding hydrogens is 432 g/mol. The summed E-state index contributed by atoms with van der Waals surface area (Å²) >= 11 is 0. The van der Waals surface area contributed by atoms with Gasteiger partial charge in [-0.1, -0.05) is 12.1 Å². The standard InChI is InChI=1S/C26H20N4O4/c31-23(17-7-8-20-16(14-17)4-3-13-34-20)21-22(15-9-11-27-12-10-15)30(25(33)24(21)32)26-28-18-5-1-2-6-19(18)29-26/h1-2,5-12,14,22,31H,3-4,13H2,(H,28,29)/b23-21+. The first-order valence-electron chi connectivity index (χ1n) is 11.0. The Balaban J connectivity index is 1.53. The summed E-state index contributed by atoms with van der Waals surface area (Å²) in [5.74, 6) is -0.746. The number of aliphatic hydroxyl groups is 1. The number of aromatic nitrogens is 3. The molecule has 0 radical (unpaired) electrons. The van der Waals surface area contributed by atoms with Crippen molar-refractivity contribution in [3.63, 3.8) is 0 Å². The molecule has 4 heterocycles. The number of aliphatic hydroxyl groups excluding tert-OH is 1. The van der Waals surface area contributed by atoms with E-state index in [0.717, 1.165) is 29.7 Å². The van der Waals surface area contributed by atoms with Gasteiger partial charge in [0, 0.05) is 18.0 Å². The van der Waals surface area contributed by atoms with Crippen LogP contribution in [0.15, 0.2) is 72.6 Å². The molecule has 1 atom stereocenters. The number of para-hydroxylation sites is 2. The first kappa shape index (κ1) is 20.2. The minimum Gasteiger partial charge on any atom is -0.507 e. The molecule has 34 heavy (non-hydrogen) atoms. The van der Waals surface area contributed by atoms with E-state index >= 15 is 0 Å². The second-order valence-corrected chi connectivity index (χ2v) is 8.30. The maximum absolute atomic E-state index is 13.3. The van der Waals surface area contributed by atoms with E-state index in [1.807, 2.05) is 30.3 Å². The molecule has 6 rings (SSSR count). The maximum Gasteiger partial charge on any atom is 0.302 e. The van der Waals surface area contributed by atoms with Crippen molar-refractivity contribution in [2.45, 2.75) is 18.9 Å². The van der Waals surface area contributed by atoms with Crippen LogP contribution in [0, 0.1) is 0 Å². The normalized spacial score (nSPS) is 19.3. The van der Waals surface area contributed by atoms with Crippen LogP contribution in [0.1, 0.15) is 29.2 Å². The van der Waals surface area contributed by atoms with Crippen LogP contribution in [-0.4, -0.2) is 38.4 Å². The van der Waals surface area contributed by atoms with Crippen molar-refractivity contribution in [1.29, 1.82) is 0 Å². The number of carbonyl (C=O) groups excluding carboxylic acids is 2. The number of ketones is 1. The monoisotopic (exact) mass is 452 g/mol. The molecule has 2 aliphatic rings. The van der Waals surface area contributed by atoms with Crippen molar-refractivity contribution in [2.75, 3.05) is 11.5 Å². The molecule has 0 spiro atoms. The summed E-state index contributed by atoms with van der Waals surface area (Å²) in [6.07, 6.45) is 4.87. The van der Waals surface area contributed by atoms with E-state index in [1.54, 1.807) is 36.7 Å². The number of nitrogens with one attached hydrogen (secondary N) is 1. The number of anilines is 1. The van der Waals surface area contributed by atoms with E-state index in [0.29, 0.717) is 23.3 Å². The topological polar surface area (TPSA) is 108 Å². The fraction of sp³-hybridized carbons (Fsp3) is 0.154. The van der Waals surface area contributed by atoms with Crippen molar-refractivity contribution in [3.05, 3.63) is 89.3 Å². The number of ether oxygens (including phenoxy) is 1. The smallest absolute Gasteiger partial charge is 0.302 e. The van der Waals surface area contributed by atoms with E-state index < -0.39 is 17.7 Å². The van der Waals surface area contributed by atoms with Gasteiger partial charge >= 0.3 is 5.91 Å². The zero-order valence-electron chi connectivity index (χ0n) is 18.1. The number of hydrogen-bond donors (Lipinski definition) is 2. The third-order valence-corrected chi connectivity index (χ3v) is 6.25. The molecule has 0 bridgehead atoms. The first-order chi connectivity index (χ1) is 16.6.